The van der Waals surface area contributed by atoms with Crippen molar-refractivity contribution >= 4 is 17.6 Å². The number of hydrogen-bond acceptors (Lipinski definition) is 2. The number of halogens is 1. The van der Waals surface area contributed by atoms with Crippen molar-refractivity contribution in [3.63, 3.8) is 0 Å². The molecule has 0 saturated heterocycles. The van der Waals surface area contributed by atoms with Gasteiger partial charge < -0.3 is 5.73 Å². The smallest absolute Gasteiger partial charge is 0.123 e. The molecule has 0 fully saturated rings. The standard InChI is InChI=1S/C12H17FN2S/c1-3-8(2)16-7-9-4-5-10(13)6-11(9)12(14)15/h4-6,8H,3,7H2,1-2H3,(H3,14,15). The molecular formula is C12H17FN2S. The van der Waals surface area contributed by atoms with Gasteiger partial charge >= 0.3 is 0 Å². The maximum atomic E-state index is 13.0. The van der Waals surface area contributed by atoms with Gasteiger partial charge in [0.1, 0.15) is 11.7 Å². The Balaban J connectivity index is 2.82. The van der Waals surface area contributed by atoms with Crippen LogP contribution in [0.2, 0.25) is 0 Å². The van der Waals surface area contributed by atoms with E-state index in [0.717, 1.165) is 17.7 Å². The number of thioether (sulfide) groups is 1. The molecule has 1 rings (SSSR count). The Morgan fingerprint density at radius 3 is 2.81 bits per heavy atom. The van der Waals surface area contributed by atoms with Crippen LogP contribution in [0.1, 0.15) is 31.4 Å². The number of amidine groups is 1. The molecule has 0 amide bonds. The van der Waals surface area contributed by atoms with Gasteiger partial charge in [0.25, 0.3) is 0 Å². The van der Waals surface area contributed by atoms with E-state index in [2.05, 4.69) is 13.8 Å². The number of nitrogens with two attached hydrogens (primary N) is 1. The van der Waals surface area contributed by atoms with Crippen LogP contribution in [0.15, 0.2) is 18.2 Å². The highest BCUT2D eigenvalue weighted by atomic mass is 32.2. The number of nitrogen functional groups attached to an aromatic ring is 1. The normalized spacial score (nSPS) is 12.4. The Kier molecular flexibility index (Phi) is 4.80. The molecule has 88 valence electrons. The van der Waals surface area contributed by atoms with Crippen LogP contribution in [0.4, 0.5) is 4.39 Å². The molecule has 1 unspecified atom stereocenters. The van der Waals surface area contributed by atoms with Crippen molar-refractivity contribution in [1.82, 2.24) is 0 Å². The monoisotopic (exact) mass is 240 g/mol. The van der Waals surface area contributed by atoms with Crippen LogP contribution in [0, 0.1) is 11.2 Å². The number of hydrogen-bond donors (Lipinski definition) is 2. The van der Waals surface area contributed by atoms with Crippen LogP contribution < -0.4 is 5.73 Å². The number of rotatable bonds is 5. The Hall–Kier alpha value is -1.03. The van der Waals surface area contributed by atoms with Gasteiger partial charge in [-0.1, -0.05) is 19.9 Å². The lowest BCUT2D eigenvalue weighted by molar-refractivity contribution is 0.627. The van der Waals surface area contributed by atoms with Gasteiger partial charge in [0, 0.05) is 16.6 Å². The number of benzene rings is 1. The maximum Gasteiger partial charge on any atom is 0.123 e. The predicted molar refractivity (Wildman–Crippen MR) is 68.5 cm³/mol. The molecule has 3 N–H and O–H groups in total. The van der Waals surface area contributed by atoms with Crippen molar-refractivity contribution in [3.8, 4) is 0 Å². The second-order valence-corrected chi connectivity index (χ2v) is 5.17. The lowest BCUT2D eigenvalue weighted by Crippen LogP contribution is -2.14. The quantitative estimate of drug-likeness (QED) is 0.613. The zero-order valence-electron chi connectivity index (χ0n) is 9.59. The van der Waals surface area contributed by atoms with E-state index < -0.39 is 0 Å². The summed E-state index contributed by atoms with van der Waals surface area (Å²) in [7, 11) is 0. The van der Waals surface area contributed by atoms with Crippen molar-refractivity contribution < 1.29 is 4.39 Å². The third-order valence-electron chi connectivity index (χ3n) is 2.46. The van der Waals surface area contributed by atoms with Gasteiger partial charge in [0.15, 0.2) is 0 Å². The molecule has 0 aromatic heterocycles. The largest absolute Gasteiger partial charge is 0.384 e. The minimum atomic E-state index is -0.345. The zero-order valence-corrected chi connectivity index (χ0v) is 10.4. The van der Waals surface area contributed by atoms with Crippen LogP contribution in [-0.4, -0.2) is 11.1 Å². The molecule has 0 spiro atoms. The van der Waals surface area contributed by atoms with Crippen molar-refractivity contribution in [2.45, 2.75) is 31.3 Å². The highest BCUT2D eigenvalue weighted by molar-refractivity contribution is 7.99. The summed E-state index contributed by atoms with van der Waals surface area (Å²) in [5.41, 5.74) is 6.87. The summed E-state index contributed by atoms with van der Waals surface area (Å²) in [6, 6.07) is 4.45. The van der Waals surface area contributed by atoms with Gasteiger partial charge in [-0.25, -0.2) is 4.39 Å². The highest BCUT2D eigenvalue weighted by Crippen LogP contribution is 2.22. The lowest BCUT2D eigenvalue weighted by Gasteiger charge is -2.11. The van der Waals surface area contributed by atoms with E-state index in [-0.39, 0.29) is 11.7 Å². The summed E-state index contributed by atoms with van der Waals surface area (Å²) in [5.74, 6) is 0.353. The molecule has 0 aliphatic heterocycles. The second kappa shape index (κ2) is 5.89. The molecule has 0 heterocycles. The molecule has 0 aliphatic rings. The highest BCUT2D eigenvalue weighted by Gasteiger charge is 2.08. The third-order valence-corrected chi connectivity index (χ3v) is 3.84. The average molecular weight is 240 g/mol. The van der Waals surface area contributed by atoms with Crippen molar-refractivity contribution in [2.75, 3.05) is 0 Å². The van der Waals surface area contributed by atoms with E-state index in [9.17, 15) is 4.39 Å². The first-order valence-electron chi connectivity index (χ1n) is 5.29. The van der Waals surface area contributed by atoms with E-state index in [1.165, 1.54) is 12.1 Å². The predicted octanol–water partition coefficient (Wildman–Crippen LogP) is 3.14. The summed E-state index contributed by atoms with van der Waals surface area (Å²) in [6.07, 6.45) is 1.10. The van der Waals surface area contributed by atoms with Crippen molar-refractivity contribution in [2.24, 2.45) is 5.73 Å². The van der Waals surface area contributed by atoms with Crippen LogP contribution in [0.5, 0.6) is 0 Å². The Morgan fingerprint density at radius 2 is 2.25 bits per heavy atom. The fraction of sp³-hybridized carbons (Fsp3) is 0.417. The van der Waals surface area contributed by atoms with E-state index in [1.807, 2.05) is 0 Å². The maximum absolute atomic E-state index is 13.0. The second-order valence-electron chi connectivity index (χ2n) is 3.75. The van der Waals surface area contributed by atoms with Gasteiger partial charge in [0.2, 0.25) is 0 Å². The van der Waals surface area contributed by atoms with Gasteiger partial charge in [-0.15, -0.1) is 0 Å². The summed E-state index contributed by atoms with van der Waals surface area (Å²) in [6.45, 7) is 4.29. The van der Waals surface area contributed by atoms with Crippen LogP contribution in [0.25, 0.3) is 0 Å². The Bertz CT molecular complexity index is 379. The summed E-state index contributed by atoms with van der Waals surface area (Å²) < 4.78 is 13.0. The van der Waals surface area contributed by atoms with Gasteiger partial charge in [-0.2, -0.15) is 11.8 Å². The first-order valence-corrected chi connectivity index (χ1v) is 6.34. The zero-order chi connectivity index (χ0) is 12.1. The third kappa shape index (κ3) is 3.52. The molecular weight excluding hydrogens is 223 g/mol. The van der Waals surface area contributed by atoms with E-state index in [0.29, 0.717) is 10.8 Å². The van der Waals surface area contributed by atoms with Crippen LogP contribution in [0.3, 0.4) is 0 Å². The molecule has 1 atom stereocenters. The summed E-state index contributed by atoms with van der Waals surface area (Å²) >= 11 is 1.79. The molecule has 0 radical (unpaired) electrons. The van der Waals surface area contributed by atoms with Crippen LogP contribution in [-0.2, 0) is 5.75 Å². The number of nitrogens with one attached hydrogen (secondary N) is 1. The lowest BCUT2D eigenvalue weighted by atomic mass is 10.1. The molecule has 1 aromatic rings. The molecule has 0 bridgehead atoms. The fourth-order valence-corrected chi connectivity index (χ4v) is 2.23. The fourth-order valence-electron chi connectivity index (χ4n) is 1.28. The minimum absolute atomic E-state index is 0.0701. The molecule has 2 nitrogen and oxygen atoms in total. The van der Waals surface area contributed by atoms with E-state index >= 15 is 0 Å². The molecule has 4 heteroatoms. The molecule has 1 aromatic carbocycles. The van der Waals surface area contributed by atoms with E-state index in [4.69, 9.17) is 11.1 Å². The Morgan fingerprint density at radius 1 is 1.56 bits per heavy atom. The van der Waals surface area contributed by atoms with Crippen molar-refractivity contribution in [3.05, 3.63) is 35.1 Å². The summed E-state index contributed by atoms with van der Waals surface area (Å²) in [5, 5.41) is 7.97. The van der Waals surface area contributed by atoms with Gasteiger partial charge in [-0.3, -0.25) is 5.41 Å². The van der Waals surface area contributed by atoms with Gasteiger partial charge in [0.05, 0.1) is 0 Å². The van der Waals surface area contributed by atoms with E-state index in [1.54, 1.807) is 17.8 Å². The van der Waals surface area contributed by atoms with Crippen molar-refractivity contribution in [1.29, 1.82) is 5.41 Å². The first kappa shape index (κ1) is 13.0. The SMILES string of the molecule is CCC(C)SCc1ccc(F)cc1C(=N)N. The first-order chi connectivity index (χ1) is 7.54. The molecule has 0 aliphatic carbocycles. The minimum Gasteiger partial charge on any atom is -0.384 e. The summed E-state index contributed by atoms with van der Waals surface area (Å²) in [4.78, 5) is 0. The molecule has 16 heavy (non-hydrogen) atoms. The average Bonchev–Trinajstić information content (AvgIpc) is 2.26. The van der Waals surface area contributed by atoms with Crippen LogP contribution >= 0.6 is 11.8 Å². The topological polar surface area (TPSA) is 49.9 Å². The molecule has 0 saturated carbocycles. The van der Waals surface area contributed by atoms with Gasteiger partial charge in [-0.05, 0) is 24.1 Å². The Labute approximate surface area is 99.9 Å².